The van der Waals surface area contributed by atoms with Crippen LogP contribution in [0, 0.1) is 11.8 Å². The molecular formula is C17H29NO3. The zero-order valence-corrected chi connectivity index (χ0v) is 13.5. The van der Waals surface area contributed by atoms with E-state index in [-0.39, 0.29) is 0 Å². The Hall–Kier alpha value is -0.600. The number of piperidine rings is 1. The Morgan fingerprint density at radius 3 is 2.43 bits per heavy atom. The van der Waals surface area contributed by atoms with Crippen molar-refractivity contribution in [3.63, 3.8) is 0 Å². The van der Waals surface area contributed by atoms with Crippen molar-refractivity contribution in [3.05, 3.63) is 0 Å². The number of methoxy groups -OCH3 is 2. The van der Waals surface area contributed by atoms with E-state index in [1.54, 1.807) is 14.2 Å². The molecule has 0 amide bonds. The van der Waals surface area contributed by atoms with Crippen LogP contribution in [0.3, 0.4) is 0 Å². The van der Waals surface area contributed by atoms with E-state index in [1.807, 2.05) is 0 Å². The fourth-order valence-electron chi connectivity index (χ4n) is 2.96. The van der Waals surface area contributed by atoms with Gasteiger partial charge in [-0.05, 0) is 38.6 Å². The number of hydrogen-bond acceptors (Lipinski definition) is 4. The van der Waals surface area contributed by atoms with Gasteiger partial charge in [-0.25, -0.2) is 0 Å². The van der Waals surface area contributed by atoms with Crippen LogP contribution < -0.4 is 0 Å². The van der Waals surface area contributed by atoms with Crippen LogP contribution in [-0.2, 0) is 14.2 Å². The average Bonchev–Trinajstić information content (AvgIpc) is 2.47. The molecule has 1 heterocycles. The Bertz CT molecular complexity index is 336. The van der Waals surface area contributed by atoms with Crippen LogP contribution in [0.15, 0.2) is 0 Å². The van der Waals surface area contributed by atoms with E-state index in [4.69, 9.17) is 14.2 Å². The smallest absolute Gasteiger partial charge is 0.107 e. The molecule has 1 aliphatic heterocycles. The van der Waals surface area contributed by atoms with Crippen molar-refractivity contribution >= 4 is 0 Å². The minimum Gasteiger partial charge on any atom is -0.381 e. The van der Waals surface area contributed by atoms with E-state index < -0.39 is 0 Å². The SMILES string of the molecule is COCC#CCCCN1CCC(OC2CC(OC)C2)CC1. The summed E-state index contributed by atoms with van der Waals surface area (Å²) in [6.07, 6.45) is 7.98. The Balaban J connectivity index is 1.50. The fourth-order valence-corrected chi connectivity index (χ4v) is 2.96. The van der Waals surface area contributed by atoms with Gasteiger partial charge in [0.05, 0.1) is 18.3 Å². The lowest BCUT2D eigenvalue weighted by molar-refractivity contribution is -0.126. The number of rotatable bonds is 7. The van der Waals surface area contributed by atoms with E-state index in [2.05, 4.69) is 16.7 Å². The maximum absolute atomic E-state index is 6.13. The second kappa shape index (κ2) is 9.42. The third-order valence-electron chi connectivity index (χ3n) is 4.42. The molecule has 0 atom stereocenters. The van der Waals surface area contributed by atoms with Gasteiger partial charge in [-0.1, -0.05) is 5.92 Å². The number of nitrogens with zero attached hydrogens (tertiary/aromatic N) is 1. The van der Waals surface area contributed by atoms with Crippen LogP contribution in [0.2, 0.25) is 0 Å². The maximum atomic E-state index is 6.13. The fraction of sp³-hybridized carbons (Fsp3) is 0.882. The molecule has 2 aliphatic rings. The molecule has 21 heavy (non-hydrogen) atoms. The predicted molar refractivity (Wildman–Crippen MR) is 83.3 cm³/mol. The molecule has 0 bridgehead atoms. The van der Waals surface area contributed by atoms with Gasteiger partial charge in [0.25, 0.3) is 0 Å². The summed E-state index contributed by atoms with van der Waals surface area (Å²) in [7, 11) is 3.47. The van der Waals surface area contributed by atoms with Crippen LogP contribution in [0.1, 0.15) is 38.5 Å². The van der Waals surface area contributed by atoms with Crippen molar-refractivity contribution in [3.8, 4) is 11.8 Å². The van der Waals surface area contributed by atoms with Crippen molar-refractivity contribution in [2.75, 3.05) is 40.5 Å². The number of likely N-dealkylation sites (tertiary alicyclic amines) is 1. The molecule has 4 heteroatoms. The molecule has 1 saturated carbocycles. The molecule has 2 rings (SSSR count). The van der Waals surface area contributed by atoms with E-state index in [0.29, 0.717) is 24.9 Å². The zero-order chi connectivity index (χ0) is 14.9. The van der Waals surface area contributed by atoms with Gasteiger partial charge >= 0.3 is 0 Å². The Labute approximate surface area is 129 Å². The second-order valence-electron chi connectivity index (χ2n) is 6.02. The quantitative estimate of drug-likeness (QED) is 0.531. The predicted octanol–water partition coefficient (Wildman–Crippen LogP) is 2.07. The summed E-state index contributed by atoms with van der Waals surface area (Å²) in [5.74, 6) is 6.15. The molecule has 4 nitrogen and oxygen atoms in total. The standard InChI is InChI=1S/C17H29NO3/c1-19-12-6-4-3-5-9-18-10-7-15(8-11-18)21-17-13-16(14-17)20-2/h15-17H,3,5,7-14H2,1-2H3. The first-order valence-electron chi connectivity index (χ1n) is 8.17. The molecule has 2 fully saturated rings. The summed E-state index contributed by atoms with van der Waals surface area (Å²) in [6, 6.07) is 0. The van der Waals surface area contributed by atoms with Crippen LogP contribution in [0.4, 0.5) is 0 Å². The van der Waals surface area contributed by atoms with Crippen LogP contribution >= 0.6 is 0 Å². The Morgan fingerprint density at radius 2 is 1.76 bits per heavy atom. The highest BCUT2D eigenvalue weighted by Gasteiger charge is 2.32. The van der Waals surface area contributed by atoms with Crippen LogP contribution in [-0.4, -0.2) is 63.7 Å². The summed E-state index contributed by atoms with van der Waals surface area (Å²) in [5, 5.41) is 0. The van der Waals surface area contributed by atoms with Gasteiger partial charge in [-0.3, -0.25) is 0 Å². The zero-order valence-electron chi connectivity index (χ0n) is 13.5. The largest absolute Gasteiger partial charge is 0.381 e. The van der Waals surface area contributed by atoms with Crippen molar-refractivity contribution in [1.29, 1.82) is 0 Å². The highest BCUT2D eigenvalue weighted by Crippen LogP contribution is 2.29. The summed E-state index contributed by atoms with van der Waals surface area (Å²) in [5.41, 5.74) is 0. The van der Waals surface area contributed by atoms with Gasteiger partial charge in [-0.15, -0.1) is 5.92 Å². The van der Waals surface area contributed by atoms with Crippen molar-refractivity contribution in [2.24, 2.45) is 0 Å². The minimum atomic E-state index is 0.439. The summed E-state index contributed by atoms with van der Waals surface area (Å²) >= 11 is 0. The molecular weight excluding hydrogens is 266 g/mol. The van der Waals surface area contributed by atoms with E-state index in [0.717, 1.165) is 45.3 Å². The second-order valence-corrected chi connectivity index (χ2v) is 6.02. The van der Waals surface area contributed by atoms with Gasteiger partial charge in [0.15, 0.2) is 0 Å². The third kappa shape index (κ3) is 5.96. The Kier molecular flexibility index (Phi) is 7.52. The average molecular weight is 295 g/mol. The number of unbranched alkanes of at least 4 members (excludes halogenated alkanes) is 1. The van der Waals surface area contributed by atoms with Crippen LogP contribution in [0.5, 0.6) is 0 Å². The first kappa shape index (κ1) is 16.8. The molecule has 0 spiro atoms. The molecule has 120 valence electrons. The first-order valence-corrected chi connectivity index (χ1v) is 8.17. The highest BCUT2D eigenvalue weighted by molar-refractivity contribution is 4.98. The topological polar surface area (TPSA) is 30.9 Å². The molecule has 1 aliphatic carbocycles. The van der Waals surface area contributed by atoms with Crippen molar-refractivity contribution < 1.29 is 14.2 Å². The van der Waals surface area contributed by atoms with Crippen LogP contribution in [0.25, 0.3) is 0 Å². The lowest BCUT2D eigenvalue weighted by atomic mass is 9.91. The molecule has 0 aromatic rings. The lowest BCUT2D eigenvalue weighted by Crippen LogP contribution is -2.43. The van der Waals surface area contributed by atoms with E-state index in [9.17, 15) is 0 Å². The molecule has 1 saturated heterocycles. The van der Waals surface area contributed by atoms with Gasteiger partial charge in [-0.2, -0.15) is 0 Å². The van der Waals surface area contributed by atoms with Crippen molar-refractivity contribution in [1.82, 2.24) is 4.90 Å². The molecule has 0 aromatic heterocycles. The van der Waals surface area contributed by atoms with Crippen molar-refractivity contribution in [2.45, 2.75) is 56.8 Å². The maximum Gasteiger partial charge on any atom is 0.107 e. The van der Waals surface area contributed by atoms with Gasteiger partial charge < -0.3 is 19.1 Å². The molecule has 0 N–H and O–H groups in total. The minimum absolute atomic E-state index is 0.439. The lowest BCUT2D eigenvalue weighted by Gasteiger charge is -2.39. The number of ether oxygens (including phenoxy) is 3. The summed E-state index contributed by atoms with van der Waals surface area (Å²) in [4.78, 5) is 2.54. The third-order valence-corrected chi connectivity index (χ3v) is 4.42. The summed E-state index contributed by atoms with van der Waals surface area (Å²) < 4.78 is 16.3. The number of hydrogen-bond donors (Lipinski definition) is 0. The molecule has 0 aromatic carbocycles. The first-order chi connectivity index (χ1) is 10.3. The molecule has 0 unspecified atom stereocenters. The van der Waals surface area contributed by atoms with Gasteiger partial charge in [0.1, 0.15) is 6.61 Å². The van der Waals surface area contributed by atoms with E-state index in [1.165, 1.54) is 12.8 Å². The van der Waals surface area contributed by atoms with E-state index >= 15 is 0 Å². The normalized spacial score (nSPS) is 27.0. The van der Waals surface area contributed by atoms with Gasteiger partial charge in [0, 0.05) is 33.7 Å². The molecule has 0 radical (unpaired) electrons. The Morgan fingerprint density at radius 1 is 1.00 bits per heavy atom. The highest BCUT2D eigenvalue weighted by atomic mass is 16.5. The summed E-state index contributed by atoms with van der Waals surface area (Å²) in [6.45, 7) is 4.03. The van der Waals surface area contributed by atoms with Gasteiger partial charge in [0.2, 0.25) is 0 Å². The monoisotopic (exact) mass is 295 g/mol.